The van der Waals surface area contributed by atoms with Crippen LogP contribution in [0.25, 0.3) is 17.0 Å². The number of anilines is 2. The molecule has 268 valence electrons. The summed E-state index contributed by atoms with van der Waals surface area (Å²) in [6.07, 6.45) is 0.491. The van der Waals surface area contributed by atoms with Gasteiger partial charge in [0.2, 0.25) is 11.4 Å². The normalized spacial score (nSPS) is 21.1. The molecule has 18 heteroatoms. The fraction of sp³-hybridized carbons (Fsp3) is 0.394. The van der Waals surface area contributed by atoms with Crippen LogP contribution in [-0.4, -0.2) is 81.8 Å². The van der Waals surface area contributed by atoms with Crippen molar-refractivity contribution in [2.75, 3.05) is 30.4 Å². The van der Waals surface area contributed by atoms with Gasteiger partial charge in [-0.2, -0.15) is 4.98 Å². The quantitative estimate of drug-likeness (QED) is 0.135. The molecular formula is C33H37N7O10P+. The summed E-state index contributed by atoms with van der Waals surface area (Å²) >= 11 is 0. The van der Waals surface area contributed by atoms with Crippen molar-refractivity contribution in [1.29, 1.82) is 0 Å². The molecule has 3 aromatic heterocycles. The summed E-state index contributed by atoms with van der Waals surface area (Å²) in [4.78, 5) is 66.0. The van der Waals surface area contributed by atoms with Crippen LogP contribution >= 0.6 is 8.60 Å². The largest absolute Gasteiger partial charge is 0.465 e. The molecule has 4 aromatic rings. The number of benzene rings is 1. The average Bonchev–Trinajstić information content (AvgIpc) is 3.66. The number of fused-ring (bicyclic) bond motifs is 2. The molecule has 2 aliphatic heterocycles. The summed E-state index contributed by atoms with van der Waals surface area (Å²) in [7, 11) is -0.218. The van der Waals surface area contributed by atoms with Crippen LogP contribution in [0, 0.1) is 5.92 Å². The summed E-state index contributed by atoms with van der Waals surface area (Å²) in [5, 5.41) is 2.75. The highest BCUT2D eigenvalue weighted by Crippen LogP contribution is 2.48. The maximum Gasteiger partial charge on any atom is 0.465 e. The number of nitrogens with zero attached hydrogens (tertiary/aromatic N) is 6. The summed E-state index contributed by atoms with van der Waals surface area (Å²) in [6, 6.07) is 10.4. The van der Waals surface area contributed by atoms with Crippen molar-refractivity contribution in [3.63, 3.8) is 0 Å². The Morgan fingerprint density at radius 3 is 2.43 bits per heavy atom. The number of hydrogen-bond acceptors (Lipinski definition) is 14. The minimum Gasteiger partial charge on any atom is -0.456 e. The van der Waals surface area contributed by atoms with E-state index in [1.54, 1.807) is 42.7 Å². The number of aromatic nitrogens is 5. The molecule has 1 fully saturated rings. The molecule has 1 N–H and O–H groups in total. The zero-order valence-corrected chi connectivity index (χ0v) is 29.6. The van der Waals surface area contributed by atoms with Gasteiger partial charge in [0, 0.05) is 56.2 Å². The molecule has 1 amide bonds. The molecule has 17 nitrogen and oxygen atoms in total. The number of rotatable bonds is 11. The lowest BCUT2D eigenvalue weighted by molar-refractivity contribution is -0.598. The number of nitrogens with one attached hydrogen (secondary N) is 1. The van der Waals surface area contributed by atoms with E-state index in [4.69, 9.17) is 27.8 Å². The molecule has 6 rings (SSSR count). The number of esters is 2. The third kappa shape index (κ3) is 7.60. The standard InChI is InChI=1S/C33H36N7O10P/c1-7-38(6)21-12-14-39(15-13-21)28-25-29(36-33(35-28)37-30(43)18(2)3)40(17-34-25)31-27(47-20(5)42)26(46-19(4)41)24(48-31)16-45-51-49-23-11-9-8-10-22(23)32(44)50-51/h8-15,17-18,24,26-27,31H,7,16H2,1-6H3/p+1/t24-,26?,27+,31-,51?/m1/s1. The van der Waals surface area contributed by atoms with Crippen molar-refractivity contribution in [2.24, 2.45) is 5.92 Å². The zero-order chi connectivity index (χ0) is 36.4. The highest BCUT2D eigenvalue weighted by atomic mass is 31.2. The van der Waals surface area contributed by atoms with E-state index in [1.165, 1.54) is 24.7 Å². The first-order valence-corrected chi connectivity index (χ1v) is 17.2. The molecule has 0 spiro atoms. The van der Waals surface area contributed by atoms with Crippen LogP contribution < -0.4 is 19.3 Å². The Balaban J connectivity index is 1.37. The van der Waals surface area contributed by atoms with E-state index in [9.17, 15) is 19.2 Å². The number of carbonyl (C=O) groups is 4. The SMILES string of the molecule is CCN(C)c1cc[n+](-c2nc(NC(=O)C(C)C)nc3c2ncn3[C@@H]2O[C@H](COP3OC(=O)c4ccccc4O3)C(OC(C)=O)[C@@H]2OC(C)=O)cc1. The van der Waals surface area contributed by atoms with Gasteiger partial charge in [-0.15, -0.1) is 0 Å². The molecule has 0 saturated carbocycles. The van der Waals surface area contributed by atoms with E-state index in [-0.39, 0.29) is 35.6 Å². The van der Waals surface area contributed by atoms with Crippen LogP contribution in [0.4, 0.5) is 11.6 Å². The van der Waals surface area contributed by atoms with Crippen LogP contribution in [0.1, 0.15) is 51.2 Å². The summed E-state index contributed by atoms with van der Waals surface area (Å²) in [6.45, 7) is 8.46. The van der Waals surface area contributed by atoms with Crippen molar-refractivity contribution in [2.45, 2.75) is 59.2 Å². The average molecular weight is 723 g/mol. The number of imidazole rings is 1. The molecule has 1 saturated heterocycles. The van der Waals surface area contributed by atoms with Crippen LogP contribution in [0.2, 0.25) is 0 Å². The molecule has 5 atom stereocenters. The fourth-order valence-electron chi connectivity index (χ4n) is 5.41. The van der Waals surface area contributed by atoms with Gasteiger partial charge < -0.3 is 28.2 Å². The van der Waals surface area contributed by atoms with Crippen molar-refractivity contribution < 1.29 is 51.5 Å². The van der Waals surface area contributed by atoms with Crippen molar-refractivity contribution in [3.05, 3.63) is 60.7 Å². The second kappa shape index (κ2) is 14.9. The predicted molar refractivity (Wildman–Crippen MR) is 180 cm³/mol. The minimum absolute atomic E-state index is 0.00185. The van der Waals surface area contributed by atoms with Gasteiger partial charge in [0.15, 0.2) is 24.1 Å². The van der Waals surface area contributed by atoms with Gasteiger partial charge in [-0.25, -0.2) is 14.3 Å². The third-order valence-corrected chi connectivity index (χ3v) is 9.10. The number of para-hydroxylation sites is 1. The number of pyridine rings is 1. The number of amides is 1. The first-order chi connectivity index (χ1) is 24.4. The van der Waals surface area contributed by atoms with E-state index in [0.717, 1.165) is 12.2 Å². The van der Waals surface area contributed by atoms with E-state index in [1.807, 2.05) is 38.5 Å². The fourth-order valence-corrected chi connectivity index (χ4v) is 6.37. The van der Waals surface area contributed by atoms with Crippen molar-refractivity contribution >= 4 is 55.2 Å². The predicted octanol–water partition coefficient (Wildman–Crippen LogP) is 3.41. The highest BCUT2D eigenvalue weighted by molar-refractivity contribution is 7.43. The number of ether oxygens (including phenoxy) is 3. The first-order valence-electron chi connectivity index (χ1n) is 16.1. The Kier molecular flexibility index (Phi) is 10.4. The Hall–Kier alpha value is -5.25. The zero-order valence-electron chi connectivity index (χ0n) is 28.7. The van der Waals surface area contributed by atoms with Crippen LogP contribution in [0.15, 0.2) is 55.1 Å². The molecule has 51 heavy (non-hydrogen) atoms. The van der Waals surface area contributed by atoms with E-state index in [0.29, 0.717) is 17.1 Å². The number of carbonyl (C=O) groups excluding carboxylic acids is 4. The maximum atomic E-state index is 12.8. The molecule has 5 heterocycles. The lowest BCUT2D eigenvalue weighted by atomic mass is 10.1. The summed E-state index contributed by atoms with van der Waals surface area (Å²) in [5.74, 6) is -1.99. The van der Waals surface area contributed by atoms with E-state index >= 15 is 0 Å². The van der Waals surface area contributed by atoms with Gasteiger partial charge in [0.25, 0.3) is 0 Å². The molecule has 1 aromatic carbocycles. The Bertz CT molecular complexity index is 1960. The molecule has 0 aliphatic carbocycles. The van der Waals surface area contributed by atoms with Gasteiger partial charge in [-0.1, -0.05) is 26.0 Å². The Morgan fingerprint density at radius 1 is 1.04 bits per heavy atom. The molecular weight excluding hydrogens is 685 g/mol. The second-order valence-corrected chi connectivity index (χ2v) is 13.1. The van der Waals surface area contributed by atoms with Gasteiger partial charge in [-0.05, 0) is 19.1 Å². The van der Waals surface area contributed by atoms with Crippen LogP contribution in [0.5, 0.6) is 5.75 Å². The smallest absolute Gasteiger partial charge is 0.456 e. The van der Waals surface area contributed by atoms with E-state index < -0.39 is 51.1 Å². The Labute approximate surface area is 293 Å². The van der Waals surface area contributed by atoms with Gasteiger partial charge in [0.05, 0.1) is 25.3 Å². The van der Waals surface area contributed by atoms with Crippen LogP contribution in [-0.2, 0) is 37.6 Å². The number of hydrogen-bond donors (Lipinski definition) is 1. The summed E-state index contributed by atoms with van der Waals surface area (Å²) < 4.78 is 37.9. The Morgan fingerprint density at radius 2 is 1.75 bits per heavy atom. The van der Waals surface area contributed by atoms with E-state index in [2.05, 4.69) is 25.2 Å². The molecule has 2 unspecified atom stereocenters. The topological polar surface area (TPSA) is 186 Å². The minimum atomic E-state index is -2.19. The van der Waals surface area contributed by atoms with Gasteiger partial charge >= 0.3 is 38.3 Å². The first kappa shape index (κ1) is 35.6. The maximum absolute atomic E-state index is 12.8. The summed E-state index contributed by atoms with van der Waals surface area (Å²) in [5.41, 5.74) is 1.78. The lowest BCUT2D eigenvalue weighted by Crippen LogP contribution is -2.40. The van der Waals surface area contributed by atoms with Crippen molar-refractivity contribution in [1.82, 2.24) is 19.5 Å². The molecule has 2 aliphatic rings. The second-order valence-electron chi connectivity index (χ2n) is 12.0. The lowest BCUT2D eigenvalue weighted by Gasteiger charge is -2.25. The molecule has 0 radical (unpaired) electrons. The van der Waals surface area contributed by atoms with Gasteiger partial charge in [0.1, 0.15) is 17.4 Å². The monoisotopic (exact) mass is 722 g/mol. The molecule has 0 bridgehead atoms. The third-order valence-electron chi connectivity index (χ3n) is 8.08. The van der Waals surface area contributed by atoms with Gasteiger partial charge in [-0.3, -0.25) is 28.8 Å². The van der Waals surface area contributed by atoms with Crippen LogP contribution in [0.3, 0.4) is 0 Å². The highest BCUT2D eigenvalue weighted by Gasteiger charge is 2.51. The van der Waals surface area contributed by atoms with Crippen molar-refractivity contribution in [3.8, 4) is 11.6 Å².